The van der Waals surface area contributed by atoms with Crippen LogP contribution in [-0.4, -0.2) is 23.4 Å². The minimum absolute atomic E-state index is 0.0210. The second-order valence-corrected chi connectivity index (χ2v) is 5.42. The fraction of sp³-hybridized carbons (Fsp3) is 0.462. The Labute approximate surface area is 121 Å². The fourth-order valence-electron chi connectivity index (χ4n) is 1.63. The predicted molar refractivity (Wildman–Crippen MR) is 77.3 cm³/mol. The quantitative estimate of drug-likeness (QED) is 0.782. The second kappa shape index (κ2) is 7.64. The highest BCUT2D eigenvalue weighted by Crippen LogP contribution is 2.22. The lowest BCUT2D eigenvalue weighted by Gasteiger charge is -2.14. The van der Waals surface area contributed by atoms with E-state index < -0.39 is 0 Å². The van der Waals surface area contributed by atoms with Crippen molar-refractivity contribution < 1.29 is 9.90 Å². The average Bonchev–Trinajstić information content (AvgIpc) is 2.34. The number of aromatic hydroxyl groups is 1. The number of nitrogens with one attached hydrogen (secondary N) is 1. The molecule has 1 amide bonds. The lowest BCUT2D eigenvalue weighted by Crippen LogP contribution is -2.29. The summed E-state index contributed by atoms with van der Waals surface area (Å²) in [6, 6.07) is 4.83. The first-order valence-corrected chi connectivity index (χ1v) is 7.23. The Kier molecular flexibility index (Phi) is 6.50. The van der Waals surface area contributed by atoms with E-state index >= 15 is 0 Å². The standard InChI is InChI=1S/C13H17BrClNO2/c1-2-9(5-6-15)8-16-13(18)11-4-3-10(14)7-12(11)17/h3-4,7,9,17H,2,5-6,8H2,1H3,(H,16,18). The first kappa shape index (κ1) is 15.3. The molecule has 0 fully saturated rings. The summed E-state index contributed by atoms with van der Waals surface area (Å²) in [4.78, 5) is 11.9. The molecule has 1 rings (SSSR count). The van der Waals surface area contributed by atoms with Crippen molar-refractivity contribution in [3.8, 4) is 5.75 Å². The molecular weight excluding hydrogens is 318 g/mol. The summed E-state index contributed by atoms with van der Waals surface area (Å²) in [7, 11) is 0. The number of benzene rings is 1. The zero-order valence-electron chi connectivity index (χ0n) is 10.2. The Morgan fingerprint density at radius 3 is 2.83 bits per heavy atom. The molecule has 5 heteroatoms. The van der Waals surface area contributed by atoms with E-state index in [0.29, 0.717) is 23.9 Å². The van der Waals surface area contributed by atoms with E-state index in [9.17, 15) is 9.90 Å². The van der Waals surface area contributed by atoms with Crippen molar-refractivity contribution in [1.82, 2.24) is 5.32 Å². The SMILES string of the molecule is CCC(CCCl)CNC(=O)c1ccc(Br)cc1O. The molecule has 0 aliphatic heterocycles. The van der Waals surface area contributed by atoms with Crippen molar-refractivity contribution in [3.05, 3.63) is 28.2 Å². The summed E-state index contributed by atoms with van der Waals surface area (Å²) in [5, 5.41) is 12.5. The monoisotopic (exact) mass is 333 g/mol. The van der Waals surface area contributed by atoms with Gasteiger partial charge in [0.05, 0.1) is 5.56 Å². The van der Waals surface area contributed by atoms with E-state index in [-0.39, 0.29) is 11.7 Å². The lowest BCUT2D eigenvalue weighted by molar-refractivity contribution is 0.0944. The van der Waals surface area contributed by atoms with Crippen molar-refractivity contribution in [2.24, 2.45) is 5.92 Å². The first-order valence-electron chi connectivity index (χ1n) is 5.91. The van der Waals surface area contributed by atoms with Gasteiger partial charge >= 0.3 is 0 Å². The van der Waals surface area contributed by atoms with Gasteiger partial charge in [-0.1, -0.05) is 29.3 Å². The van der Waals surface area contributed by atoms with Crippen LogP contribution in [0.3, 0.4) is 0 Å². The van der Waals surface area contributed by atoms with E-state index in [2.05, 4.69) is 28.2 Å². The molecule has 3 nitrogen and oxygen atoms in total. The zero-order chi connectivity index (χ0) is 13.5. The molecule has 0 bridgehead atoms. The molecule has 0 aliphatic rings. The number of phenols is 1. The van der Waals surface area contributed by atoms with Gasteiger partial charge in [-0.15, -0.1) is 11.6 Å². The van der Waals surface area contributed by atoms with Gasteiger partial charge in [0.25, 0.3) is 5.91 Å². The van der Waals surface area contributed by atoms with E-state index in [1.54, 1.807) is 12.1 Å². The van der Waals surface area contributed by atoms with Gasteiger partial charge in [0.2, 0.25) is 0 Å². The number of carbonyl (C=O) groups is 1. The van der Waals surface area contributed by atoms with Crippen LogP contribution in [0, 0.1) is 5.92 Å². The number of alkyl halides is 1. The number of phenolic OH excluding ortho intramolecular Hbond substituents is 1. The van der Waals surface area contributed by atoms with Crippen LogP contribution >= 0.6 is 27.5 Å². The van der Waals surface area contributed by atoms with Crippen molar-refractivity contribution in [2.45, 2.75) is 19.8 Å². The minimum Gasteiger partial charge on any atom is -0.507 e. The number of halogens is 2. The normalized spacial score (nSPS) is 12.2. The summed E-state index contributed by atoms with van der Waals surface area (Å²) in [5.74, 6) is 0.696. The Morgan fingerprint density at radius 1 is 1.56 bits per heavy atom. The number of hydrogen-bond acceptors (Lipinski definition) is 2. The fourth-order valence-corrected chi connectivity index (χ4v) is 2.29. The molecule has 0 aromatic heterocycles. The average molecular weight is 335 g/mol. The van der Waals surface area contributed by atoms with Crippen LogP contribution < -0.4 is 5.32 Å². The van der Waals surface area contributed by atoms with Gasteiger partial charge in [-0.2, -0.15) is 0 Å². The van der Waals surface area contributed by atoms with Crippen LogP contribution in [-0.2, 0) is 0 Å². The number of rotatable bonds is 6. The summed E-state index contributed by atoms with van der Waals surface area (Å²) < 4.78 is 0.741. The third-order valence-corrected chi connectivity index (χ3v) is 3.56. The molecule has 2 N–H and O–H groups in total. The first-order chi connectivity index (χ1) is 8.58. The van der Waals surface area contributed by atoms with E-state index in [0.717, 1.165) is 17.3 Å². The Hall–Kier alpha value is -0.740. The van der Waals surface area contributed by atoms with E-state index in [1.807, 2.05) is 0 Å². The largest absolute Gasteiger partial charge is 0.507 e. The van der Waals surface area contributed by atoms with E-state index in [4.69, 9.17) is 11.6 Å². The van der Waals surface area contributed by atoms with Crippen LogP contribution in [0.2, 0.25) is 0 Å². The van der Waals surface area contributed by atoms with Gasteiger partial charge in [0.1, 0.15) is 5.75 Å². The Bertz CT molecular complexity index is 412. The van der Waals surface area contributed by atoms with Crippen molar-refractivity contribution >= 4 is 33.4 Å². The maximum Gasteiger partial charge on any atom is 0.255 e. The van der Waals surface area contributed by atoms with Crippen LogP contribution in [0.5, 0.6) is 5.75 Å². The summed E-state index contributed by atoms with van der Waals surface area (Å²) >= 11 is 8.93. The summed E-state index contributed by atoms with van der Waals surface area (Å²) in [5.41, 5.74) is 0.291. The Balaban J connectivity index is 2.59. The predicted octanol–water partition coefficient (Wildman–Crippen LogP) is 3.54. The van der Waals surface area contributed by atoms with Crippen LogP contribution in [0.15, 0.2) is 22.7 Å². The third-order valence-electron chi connectivity index (χ3n) is 2.85. The van der Waals surface area contributed by atoms with Crippen LogP contribution in [0.1, 0.15) is 30.1 Å². The molecule has 0 saturated carbocycles. The molecule has 0 heterocycles. The molecule has 1 aromatic rings. The molecule has 1 atom stereocenters. The summed E-state index contributed by atoms with van der Waals surface area (Å²) in [6.45, 7) is 2.65. The van der Waals surface area contributed by atoms with Crippen molar-refractivity contribution in [3.63, 3.8) is 0 Å². The molecule has 1 unspecified atom stereocenters. The zero-order valence-corrected chi connectivity index (χ0v) is 12.6. The van der Waals surface area contributed by atoms with Gasteiger partial charge in [-0.3, -0.25) is 4.79 Å². The molecule has 0 saturated heterocycles. The highest BCUT2D eigenvalue weighted by atomic mass is 79.9. The highest BCUT2D eigenvalue weighted by Gasteiger charge is 2.13. The number of carbonyl (C=O) groups excluding carboxylic acids is 1. The molecular formula is C13H17BrClNO2. The number of amides is 1. The third kappa shape index (κ3) is 4.50. The van der Waals surface area contributed by atoms with E-state index in [1.165, 1.54) is 6.07 Å². The van der Waals surface area contributed by atoms with Crippen molar-refractivity contribution in [1.29, 1.82) is 0 Å². The highest BCUT2D eigenvalue weighted by molar-refractivity contribution is 9.10. The smallest absolute Gasteiger partial charge is 0.255 e. The molecule has 0 spiro atoms. The minimum atomic E-state index is -0.256. The molecule has 18 heavy (non-hydrogen) atoms. The van der Waals surface area contributed by atoms with Gasteiger partial charge in [-0.05, 0) is 30.5 Å². The molecule has 100 valence electrons. The van der Waals surface area contributed by atoms with Gasteiger partial charge in [0, 0.05) is 16.9 Å². The summed E-state index contributed by atoms with van der Waals surface area (Å²) in [6.07, 6.45) is 1.85. The topological polar surface area (TPSA) is 49.3 Å². The maximum atomic E-state index is 11.9. The Morgan fingerprint density at radius 2 is 2.28 bits per heavy atom. The van der Waals surface area contributed by atoms with Crippen LogP contribution in [0.25, 0.3) is 0 Å². The molecule has 0 aliphatic carbocycles. The van der Waals surface area contributed by atoms with Crippen LogP contribution in [0.4, 0.5) is 0 Å². The second-order valence-electron chi connectivity index (χ2n) is 4.12. The van der Waals surface area contributed by atoms with Gasteiger partial charge < -0.3 is 10.4 Å². The van der Waals surface area contributed by atoms with Gasteiger partial charge in [0.15, 0.2) is 0 Å². The van der Waals surface area contributed by atoms with Crippen molar-refractivity contribution in [2.75, 3.05) is 12.4 Å². The number of hydrogen-bond donors (Lipinski definition) is 2. The lowest BCUT2D eigenvalue weighted by atomic mass is 10.0. The molecule has 0 radical (unpaired) electrons. The van der Waals surface area contributed by atoms with Gasteiger partial charge in [-0.25, -0.2) is 0 Å². The molecule has 1 aromatic carbocycles. The maximum absolute atomic E-state index is 11.9.